The maximum atomic E-state index is 5.39. The van der Waals surface area contributed by atoms with Crippen molar-refractivity contribution in [3.05, 3.63) is 0 Å². The van der Waals surface area contributed by atoms with Crippen LogP contribution in [-0.4, -0.2) is 41.7 Å². The molecular formula is C13H23N5O. The highest BCUT2D eigenvalue weighted by Crippen LogP contribution is 2.25. The van der Waals surface area contributed by atoms with E-state index in [4.69, 9.17) is 4.74 Å². The van der Waals surface area contributed by atoms with Crippen molar-refractivity contribution < 1.29 is 4.74 Å². The lowest BCUT2D eigenvalue weighted by Gasteiger charge is -2.17. The lowest BCUT2D eigenvalue weighted by molar-refractivity contribution is 0.312. The van der Waals surface area contributed by atoms with Crippen molar-refractivity contribution in [3.8, 4) is 6.01 Å². The molecule has 1 unspecified atom stereocenters. The third-order valence-corrected chi connectivity index (χ3v) is 3.37. The highest BCUT2D eigenvalue weighted by atomic mass is 16.5. The fraction of sp³-hybridized carbons (Fsp3) is 0.769. The zero-order chi connectivity index (χ0) is 13.7. The Bertz CT molecular complexity index is 412. The van der Waals surface area contributed by atoms with Crippen LogP contribution in [0.15, 0.2) is 0 Å². The lowest BCUT2D eigenvalue weighted by Crippen LogP contribution is -2.23. The SMILES string of the molecule is CCCC1CCN(c2nc(NC)nc(OCC)n2)C1. The number of nitrogens with one attached hydrogen (secondary N) is 1. The fourth-order valence-corrected chi connectivity index (χ4v) is 2.45. The van der Waals surface area contributed by atoms with Crippen LogP contribution in [0.1, 0.15) is 33.1 Å². The molecule has 1 atom stereocenters. The molecular weight excluding hydrogens is 242 g/mol. The summed E-state index contributed by atoms with van der Waals surface area (Å²) >= 11 is 0. The Labute approximate surface area is 114 Å². The van der Waals surface area contributed by atoms with Crippen molar-refractivity contribution in [2.75, 3.05) is 37.0 Å². The minimum Gasteiger partial charge on any atom is -0.464 e. The zero-order valence-electron chi connectivity index (χ0n) is 12.0. The second-order valence-corrected chi connectivity index (χ2v) is 4.81. The first-order valence-electron chi connectivity index (χ1n) is 7.08. The molecule has 0 bridgehead atoms. The van der Waals surface area contributed by atoms with Gasteiger partial charge in [-0.1, -0.05) is 13.3 Å². The second-order valence-electron chi connectivity index (χ2n) is 4.81. The van der Waals surface area contributed by atoms with Crippen molar-refractivity contribution in [2.45, 2.75) is 33.1 Å². The monoisotopic (exact) mass is 265 g/mol. The van der Waals surface area contributed by atoms with E-state index in [1.54, 1.807) is 7.05 Å². The van der Waals surface area contributed by atoms with Crippen LogP contribution >= 0.6 is 0 Å². The third-order valence-electron chi connectivity index (χ3n) is 3.37. The summed E-state index contributed by atoms with van der Waals surface area (Å²) in [6, 6.07) is 0.399. The van der Waals surface area contributed by atoms with Crippen molar-refractivity contribution in [1.82, 2.24) is 15.0 Å². The van der Waals surface area contributed by atoms with Gasteiger partial charge in [0.2, 0.25) is 11.9 Å². The van der Waals surface area contributed by atoms with Gasteiger partial charge < -0.3 is 15.0 Å². The quantitative estimate of drug-likeness (QED) is 0.848. The number of hydrogen-bond donors (Lipinski definition) is 1. The van der Waals surface area contributed by atoms with Crippen LogP contribution in [0, 0.1) is 5.92 Å². The summed E-state index contributed by atoms with van der Waals surface area (Å²) in [4.78, 5) is 15.2. The van der Waals surface area contributed by atoms with E-state index in [9.17, 15) is 0 Å². The van der Waals surface area contributed by atoms with Crippen molar-refractivity contribution in [2.24, 2.45) is 5.92 Å². The lowest BCUT2D eigenvalue weighted by atomic mass is 10.0. The molecule has 0 saturated carbocycles. The number of anilines is 2. The summed E-state index contributed by atoms with van der Waals surface area (Å²) in [5, 5.41) is 2.96. The van der Waals surface area contributed by atoms with Gasteiger partial charge in [0, 0.05) is 20.1 Å². The first-order valence-corrected chi connectivity index (χ1v) is 7.08. The highest BCUT2D eigenvalue weighted by Gasteiger charge is 2.24. The van der Waals surface area contributed by atoms with E-state index in [0.29, 0.717) is 18.6 Å². The molecule has 19 heavy (non-hydrogen) atoms. The minimum absolute atomic E-state index is 0.399. The molecule has 1 fully saturated rings. The molecule has 0 aliphatic carbocycles. The van der Waals surface area contributed by atoms with Gasteiger partial charge in [0.1, 0.15) is 0 Å². The molecule has 1 saturated heterocycles. The molecule has 1 aliphatic rings. The molecule has 1 aromatic heterocycles. The summed E-state index contributed by atoms with van der Waals surface area (Å²) < 4.78 is 5.39. The summed E-state index contributed by atoms with van der Waals surface area (Å²) in [5.74, 6) is 2.05. The number of rotatable bonds is 6. The molecule has 0 radical (unpaired) electrons. The van der Waals surface area contributed by atoms with Gasteiger partial charge in [0.05, 0.1) is 6.61 Å². The average Bonchev–Trinajstić information content (AvgIpc) is 2.88. The Kier molecular flexibility index (Phi) is 4.76. The van der Waals surface area contributed by atoms with Crippen molar-refractivity contribution in [1.29, 1.82) is 0 Å². The molecule has 1 aromatic rings. The van der Waals surface area contributed by atoms with Crippen LogP contribution in [0.2, 0.25) is 0 Å². The molecule has 0 amide bonds. The molecule has 2 heterocycles. The second kappa shape index (κ2) is 6.54. The van der Waals surface area contributed by atoms with Crippen LogP contribution < -0.4 is 15.0 Å². The standard InChI is InChI=1S/C13H23N5O/c1-4-6-10-7-8-18(9-10)12-15-11(14-3)16-13(17-12)19-5-2/h10H,4-9H2,1-3H3,(H,14,15,16,17). The van der Waals surface area contributed by atoms with Gasteiger partial charge in [-0.05, 0) is 25.7 Å². The van der Waals surface area contributed by atoms with E-state index in [1.807, 2.05) is 6.92 Å². The minimum atomic E-state index is 0.399. The van der Waals surface area contributed by atoms with Gasteiger partial charge in [-0.2, -0.15) is 15.0 Å². The predicted molar refractivity (Wildman–Crippen MR) is 75.8 cm³/mol. The summed E-state index contributed by atoms with van der Waals surface area (Å²) in [6.45, 7) is 6.77. The number of aromatic nitrogens is 3. The zero-order valence-corrected chi connectivity index (χ0v) is 12.0. The summed E-state index contributed by atoms with van der Waals surface area (Å²) in [5.41, 5.74) is 0. The molecule has 0 aromatic carbocycles. The van der Waals surface area contributed by atoms with Crippen molar-refractivity contribution in [3.63, 3.8) is 0 Å². The summed E-state index contributed by atoms with van der Waals surface area (Å²) in [7, 11) is 1.80. The Morgan fingerprint density at radius 3 is 2.84 bits per heavy atom. The van der Waals surface area contributed by atoms with Gasteiger partial charge in [0.25, 0.3) is 0 Å². The van der Waals surface area contributed by atoms with E-state index >= 15 is 0 Å². The predicted octanol–water partition coefficient (Wildman–Crippen LogP) is 1.94. The highest BCUT2D eigenvalue weighted by molar-refractivity contribution is 5.39. The largest absolute Gasteiger partial charge is 0.464 e. The first-order chi connectivity index (χ1) is 9.26. The molecule has 2 rings (SSSR count). The van der Waals surface area contributed by atoms with Gasteiger partial charge in [-0.25, -0.2) is 0 Å². The Morgan fingerprint density at radius 2 is 2.16 bits per heavy atom. The molecule has 0 spiro atoms. The molecule has 6 nitrogen and oxygen atoms in total. The number of ether oxygens (including phenoxy) is 1. The Morgan fingerprint density at radius 1 is 1.32 bits per heavy atom. The maximum absolute atomic E-state index is 5.39. The van der Waals surface area contributed by atoms with Crippen LogP contribution in [0.25, 0.3) is 0 Å². The Balaban J connectivity index is 2.12. The number of nitrogens with zero attached hydrogens (tertiary/aromatic N) is 4. The van der Waals surface area contributed by atoms with E-state index in [2.05, 4.69) is 32.1 Å². The molecule has 1 N–H and O–H groups in total. The van der Waals surface area contributed by atoms with Crippen molar-refractivity contribution >= 4 is 11.9 Å². The van der Waals surface area contributed by atoms with E-state index in [-0.39, 0.29) is 0 Å². The molecule has 1 aliphatic heterocycles. The fourth-order valence-electron chi connectivity index (χ4n) is 2.45. The van der Waals surface area contributed by atoms with Crippen LogP contribution in [-0.2, 0) is 0 Å². The average molecular weight is 265 g/mol. The molecule has 106 valence electrons. The van der Waals surface area contributed by atoms with Gasteiger partial charge in [0.15, 0.2) is 0 Å². The molecule has 6 heteroatoms. The smallest absolute Gasteiger partial charge is 0.323 e. The first kappa shape index (κ1) is 13.8. The Hall–Kier alpha value is -1.59. The topological polar surface area (TPSA) is 63.2 Å². The number of hydrogen-bond acceptors (Lipinski definition) is 6. The van der Waals surface area contributed by atoms with Crippen LogP contribution in [0.3, 0.4) is 0 Å². The van der Waals surface area contributed by atoms with E-state index in [0.717, 1.165) is 25.0 Å². The van der Waals surface area contributed by atoms with Gasteiger partial charge >= 0.3 is 6.01 Å². The summed E-state index contributed by atoms with van der Waals surface area (Å²) in [6.07, 6.45) is 3.73. The van der Waals surface area contributed by atoms with Crippen LogP contribution in [0.5, 0.6) is 6.01 Å². The van der Waals surface area contributed by atoms with Gasteiger partial charge in [-0.3, -0.25) is 0 Å². The van der Waals surface area contributed by atoms with E-state index in [1.165, 1.54) is 19.3 Å². The normalized spacial score (nSPS) is 18.7. The maximum Gasteiger partial charge on any atom is 0.323 e. The van der Waals surface area contributed by atoms with E-state index < -0.39 is 0 Å². The third kappa shape index (κ3) is 3.45. The van der Waals surface area contributed by atoms with Crippen LogP contribution in [0.4, 0.5) is 11.9 Å². The van der Waals surface area contributed by atoms with Gasteiger partial charge in [-0.15, -0.1) is 0 Å².